The number of nitriles is 2. The number of nitrogens with two attached hydrogens (primary N) is 1. The van der Waals surface area contributed by atoms with E-state index < -0.39 is 5.54 Å². The number of nitrogens with zero attached hydrogens (tertiary/aromatic N) is 9. The molecule has 4 aromatic heterocycles. The van der Waals surface area contributed by atoms with Crippen molar-refractivity contribution in [2.45, 2.75) is 31.2 Å². The molecule has 154 valence electrons. The summed E-state index contributed by atoms with van der Waals surface area (Å²) in [6.45, 7) is 0. The second kappa shape index (κ2) is 6.96. The largest absolute Gasteiger partial charge is 0.382 e. The molecule has 0 spiro atoms. The minimum absolute atomic E-state index is 0.279. The molecular formula is C21H20N10. The smallest absolute Gasteiger partial charge is 0.155 e. The second-order valence-electron chi connectivity index (χ2n) is 8.11. The van der Waals surface area contributed by atoms with Crippen LogP contribution in [0.1, 0.15) is 25.7 Å². The number of hydrogen-bond donors (Lipinski definition) is 1. The lowest BCUT2D eigenvalue weighted by Gasteiger charge is -2.45. The van der Waals surface area contributed by atoms with Crippen molar-refractivity contribution in [3.8, 4) is 34.7 Å². The van der Waals surface area contributed by atoms with Crippen LogP contribution in [0.5, 0.6) is 0 Å². The normalized spacial score (nSPS) is 20.3. The van der Waals surface area contributed by atoms with Gasteiger partial charge in [0.2, 0.25) is 0 Å². The third kappa shape index (κ3) is 3.01. The second-order valence-corrected chi connectivity index (χ2v) is 8.11. The molecule has 0 radical (unpaired) electrons. The molecule has 0 bridgehead atoms. The van der Waals surface area contributed by atoms with E-state index in [9.17, 15) is 5.26 Å². The molecule has 0 unspecified atom stereocenters. The van der Waals surface area contributed by atoms with E-state index in [1.54, 1.807) is 26.3 Å². The lowest BCUT2D eigenvalue weighted by atomic mass is 9.66. The SMILES string of the molecule is Cn1cc(-c2cn3nccc3c(-c3cn(C4(CC#N)CC(CC#N)C4)nc3N)n2)cn1. The van der Waals surface area contributed by atoms with Gasteiger partial charge in [-0.1, -0.05) is 0 Å². The molecule has 0 aromatic carbocycles. The van der Waals surface area contributed by atoms with E-state index in [0.29, 0.717) is 29.9 Å². The van der Waals surface area contributed by atoms with Crippen LogP contribution in [0.3, 0.4) is 0 Å². The highest BCUT2D eigenvalue weighted by Crippen LogP contribution is 2.48. The Morgan fingerprint density at radius 2 is 2.03 bits per heavy atom. The number of fused-ring (bicyclic) bond motifs is 1. The fourth-order valence-electron chi connectivity index (χ4n) is 4.48. The summed E-state index contributed by atoms with van der Waals surface area (Å²) in [5, 5.41) is 31.6. The summed E-state index contributed by atoms with van der Waals surface area (Å²) in [4.78, 5) is 4.86. The van der Waals surface area contributed by atoms with E-state index in [1.807, 2.05) is 31.7 Å². The Bertz CT molecular complexity index is 1350. The van der Waals surface area contributed by atoms with Crippen molar-refractivity contribution >= 4 is 11.3 Å². The van der Waals surface area contributed by atoms with Gasteiger partial charge in [0.05, 0.1) is 59.5 Å². The Hall–Kier alpha value is -4.18. The van der Waals surface area contributed by atoms with Crippen molar-refractivity contribution in [1.29, 1.82) is 10.5 Å². The molecule has 10 nitrogen and oxygen atoms in total. The van der Waals surface area contributed by atoms with Gasteiger partial charge in [0.25, 0.3) is 0 Å². The zero-order chi connectivity index (χ0) is 21.6. The fourth-order valence-corrected chi connectivity index (χ4v) is 4.48. The topological polar surface area (TPSA) is 139 Å². The van der Waals surface area contributed by atoms with E-state index in [-0.39, 0.29) is 5.92 Å². The van der Waals surface area contributed by atoms with E-state index in [1.165, 1.54) is 0 Å². The first-order chi connectivity index (χ1) is 15.0. The molecule has 31 heavy (non-hydrogen) atoms. The number of aromatic nitrogens is 7. The van der Waals surface area contributed by atoms with Gasteiger partial charge in [-0.15, -0.1) is 0 Å². The molecule has 0 atom stereocenters. The molecule has 4 aromatic rings. The maximum Gasteiger partial charge on any atom is 0.155 e. The van der Waals surface area contributed by atoms with Gasteiger partial charge in [-0.25, -0.2) is 9.50 Å². The first-order valence-electron chi connectivity index (χ1n) is 9.96. The van der Waals surface area contributed by atoms with Crippen molar-refractivity contribution < 1.29 is 0 Å². The zero-order valence-corrected chi connectivity index (χ0v) is 17.0. The summed E-state index contributed by atoms with van der Waals surface area (Å²) >= 11 is 0. The Morgan fingerprint density at radius 1 is 1.19 bits per heavy atom. The van der Waals surface area contributed by atoms with E-state index in [0.717, 1.165) is 29.6 Å². The lowest BCUT2D eigenvalue weighted by Crippen LogP contribution is -2.46. The third-order valence-electron chi connectivity index (χ3n) is 6.00. The first kappa shape index (κ1) is 18.8. The minimum atomic E-state index is -0.430. The number of aryl methyl sites for hydroxylation is 1. The Kier molecular flexibility index (Phi) is 4.22. The molecule has 1 saturated carbocycles. The van der Waals surface area contributed by atoms with Crippen LogP contribution >= 0.6 is 0 Å². The van der Waals surface area contributed by atoms with Gasteiger partial charge in [0.1, 0.15) is 5.69 Å². The average Bonchev–Trinajstić information content (AvgIpc) is 3.45. The van der Waals surface area contributed by atoms with Gasteiger partial charge in [-0.05, 0) is 24.8 Å². The maximum absolute atomic E-state index is 9.40. The minimum Gasteiger partial charge on any atom is -0.382 e. The monoisotopic (exact) mass is 412 g/mol. The molecule has 5 rings (SSSR count). The van der Waals surface area contributed by atoms with Crippen LogP contribution in [0.4, 0.5) is 5.82 Å². The van der Waals surface area contributed by atoms with Gasteiger partial charge in [0, 0.05) is 31.4 Å². The summed E-state index contributed by atoms with van der Waals surface area (Å²) in [6, 6.07) is 6.37. The highest BCUT2D eigenvalue weighted by atomic mass is 15.3. The lowest BCUT2D eigenvalue weighted by molar-refractivity contribution is 0.0602. The number of anilines is 1. The molecule has 1 fully saturated rings. The van der Waals surface area contributed by atoms with Crippen molar-refractivity contribution in [1.82, 2.24) is 34.2 Å². The van der Waals surface area contributed by atoms with E-state index in [2.05, 4.69) is 27.4 Å². The van der Waals surface area contributed by atoms with Crippen LogP contribution in [0.2, 0.25) is 0 Å². The number of hydrogen-bond acceptors (Lipinski definition) is 7. The molecule has 0 amide bonds. The zero-order valence-electron chi connectivity index (χ0n) is 17.0. The Labute approximate surface area is 178 Å². The first-order valence-corrected chi connectivity index (χ1v) is 9.96. The maximum atomic E-state index is 9.40. The van der Waals surface area contributed by atoms with Crippen LogP contribution in [0, 0.1) is 28.6 Å². The molecule has 1 aliphatic carbocycles. The predicted molar refractivity (Wildman–Crippen MR) is 112 cm³/mol. The standard InChI is InChI=1S/C21H20N10/c1-29-11-15(10-26-29)17-13-30-18(3-7-25-30)19(27-17)16-12-31(28-20(16)24)21(4-6-23)8-14(9-21)2-5-22/h3,7,10-14H,2,4,8-9H2,1H3,(H2,24,28). The molecule has 0 saturated heterocycles. The third-order valence-corrected chi connectivity index (χ3v) is 6.00. The molecule has 10 heteroatoms. The molecule has 4 heterocycles. The van der Waals surface area contributed by atoms with Crippen LogP contribution in [0.15, 0.2) is 37.1 Å². The van der Waals surface area contributed by atoms with Gasteiger partial charge in [-0.3, -0.25) is 9.36 Å². The van der Waals surface area contributed by atoms with E-state index in [4.69, 9.17) is 16.0 Å². The summed E-state index contributed by atoms with van der Waals surface area (Å²) < 4.78 is 5.29. The highest BCUT2D eigenvalue weighted by molar-refractivity contribution is 5.83. The van der Waals surface area contributed by atoms with Crippen molar-refractivity contribution in [3.63, 3.8) is 0 Å². The van der Waals surface area contributed by atoms with Crippen molar-refractivity contribution in [2.24, 2.45) is 13.0 Å². The summed E-state index contributed by atoms with van der Waals surface area (Å²) in [6.07, 6.45) is 11.4. The molecular weight excluding hydrogens is 392 g/mol. The van der Waals surface area contributed by atoms with Crippen LogP contribution in [-0.2, 0) is 12.6 Å². The quantitative estimate of drug-likeness (QED) is 0.531. The summed E-state index contributed by atoms with van der Waals surface area (Å²) in [7, 11) is 1.85. The van der Waals surface area contributed by atoms with Gasteiger partial charge < -0.3 is 5.73 Å². The Morgan fingerprint density at radius 3 is 2.74 bits per heavy atom. The molecule has 2 N–H and O–H groups in total. The fraction of sp³-hybridized carbons (Fsp3) is 0.333. The Balaban J connectivity index is 1.60. The van der Waals surface area contributed by atoms with Gasteiger partial charge in [-0.2, -0.15) is 25.8 Å². The highest BCUT2D eigenvalue weighted by Gasteiger charge is 2.46. The van der Waals surface area contributed by atoms with Gasteiger partial charge in [0.15, 0.2) is 5.82 Å². The van der Waals surface area contributed by atoms with Crippen LogP contribution in [0.25, 0.3) is 28.0 Å². The van der Waals surface area contributed by atoms with Crippen molar-refractivity contribution in [2.75, 3.05) is 5.73 Å². The number of nitrogen functional groups attached to an aromatic ring is 1. The van der Waals surface area contributed by atoms with Crippen LogP contribution in [-0.4, -0.2) is 34.2 Å². The summed E-state index contributed by atoms with van der Waals surface area (Å²) in [5.41, 5.74) is 9.66. The van der Waals surface area contributed by atoms with Crippen LogP contribution < -0.4 is 5.73 Å². The van der Waals surface area contributed by atoms with Crippen molar-refractivity contribution in [3.05, 3.63) is 37.1 Å². The number of rotatable bonds is 5. The molecule has 1 aliphatic rings. The summed E-state index contributed by atoms with van der Waals surface area (Å²) in [5.74, 6) is 0.626. The van der Waals surface area contributed by atoms with E-state index >= 15 is 0 Å². The average molecular weight is 412 g/mol. The van der Waals surface area contributed by atoms with Gasteiger partial charge >= 0.3 is 0 Å². The predicted octanol–water partition coefficient (Wildman–Crippen LogP) is 2.51. The molecule has 0 aliphatic heterocycles.